The normalized spacial score (nSPS) is 10.8. The number of amides is 1. The molecule has 1 heterocycles. The number of rotatable bonds is 6. The fourth-order valence-corrected chi connectivity index (χ4v) is 2.26. The molecule has 0 aliphatic carbocycles. The van der Waals surface area contributed by atoms with Crippen molar-refractivity contribution in [1.29, 1.82) is 0 Å². The zero-order valence-corrected chi connectivity index (χ0v) is 11.4. The van der Waals surface area contributed by atoms with E-state index < -0.39 is 0 Å². The second-order valence-electron chi connectivity index (χ2n) is 3.95. The molecule has 2 rings (SSSR count). The molecule has 6 nitrogen and oxygen atoms in total. The third-order valence-electron chi connectivity index (χ3n) is 2.45. The molecule has 4 N–H and O–H groups in total. The lowest BCUT2D eigenvalue weighted by atomic mass is 10.3. The number of nitrogens with one attached hydrogen (secondary N) is 2. The number of nitrogen functional groups attached to an aromatic ring is 1. The van der Waals surface area contributed by atoms with Gasteiger partial charge < -0.3 is 20.8 Å². The summed E-state index contributed by atoms with van der Waals surface area (Å²) in [6, 6.07) is 5.48. The molecule has 0 fully saturated rings. The standard InChI is InChI=1S/C12H16N4O2S/c1-18-5-4-14-11(17)7-19-12-15-9-3-2-8(13)6-10(9)16-12/h2-3,6H,4-5,7,13H2,1H3,(H,14,17)(H,15,16). The van der Waals surface area contributed by atoms with Crippen molar-refractivity contribution in [2.24, 2.45) is 0 Å². The molecule has 7 heteroatoms. The van der Waals surface area contributed by atoms with E-state index in [0.717, 1.165) is 11.0 Å². The van der Waals surface area contributed by atoms with Crippen LogP contribution >= 0.6 is 11.8 Å². The van der Waals surface area contributed by atoms with Gasteiger partial charge >= 0.3 is 0 Å². The van der Waals surface area contributed by atoms with Crippen LogP contribution in [-0.2, 0) is 9.53 Å². The number of ether oxygens (including phenoxy) is 1. The summed E-state index contributed by atoms with van der Waals surface area (Å²) in [5, 5.41) is 3.46. The molecule has 0 bridgehead atoms. The number of aromatic amines is 1. The van der Waals surface area contributed by atoms with Gasteiger partial charge in [-0.05, 0) is 18.2 Å². The molecular weight excluding hydrogens is 264 g/mol. The molecule has 0 unspecified atom stereocenters. The highest BCUT2D eigenvalue weighted by molar-refractivity contribution is 7.99. The summed E-state index contributed by atoms with van der Waals surface area (Å²) in [7, 11) is 1.60. The maximum Gasteiger partial charge on any atom is 0.230 e. The van der Waals surface area contributed by atoms with Crippen LogP contribution in [-0.4, -0.2) is 41.9 Å². The smallest absolute Gasteiger partial charge is 0.230 e. The minimum Gasteiger partial charge on any atom is -0.399 e. The Bertz CT molecular complexity index is 570. The number of H-pyrrole nitrogens is 1. The quantitative estimate of drug-likeness (QED) is 0.417. The number of hydrogen-bond donors (Lipinski definition) is 3. The molecule has 0 atom stereocenters. The summed E-state index contributed by atoms with van der Waals surface area (Å²) in [6.07, 6.45) is 0. The molecule has 102 valence electrons. The van der Waals surface area contributed by atoms with Crippen LogP contribution in [0.2, 0.25) is 0 Å². The molecule has 1 aromatic carbocycles. The summed E-state index contributed by atoms with van der Waals surface area (Å²) < 4.78 is 4.85. The second-order valence-corrected chi connectivity index (χ2v) is 4.91. The van der Waals surface area contributed by atoms with Crippen molar-refractivity contribution in [3.8, 4) is 0 Å². The number of thioether (sulfide) groups is 1. The van der Waals surface area contributed by atoms with Gasteiger partial charge in [-0.2, -0.15) is 0 Å². The second kappa shape index (κ2) is 6.44. The first-order chi connectivity index (χ1) is 9.19. The van der Waals surface area contributed by atoms with Crippen molar-refractivity contribution in [2.75, 3.05) is 31.7 Å². The monoisotopic (exact) mass is 280 g/mol. The molecule has 0 saturated carbocycles. The van der Waals surface area contributed by atoms with Crippen LogP contribution in [0.5, 0.6) is 0 Å². The Hall–Kier alpha value is -1.73. The molecule has 0 aliphatic rings. The molecule has 19 heavy (non-hydrogen) atoms. The van der Waals surface area contributed by atoms with Gasteiger partial charge in [-0.3, -0.25) is 4.79 Å². The number of fused-ring (bicyclic) bond motifs is 1. The van der Waals surface area contributed by atoms with E-state index >= 15 is 0 Å². The molecule has 0 radical (unpaired) electrons. The molecule has 0 aliphatic heterocycles. The van der Waals surface area contributed by atoms with Crippen LogP contribution in [0.1, 0.15) is 0 Å². The van der Waals surface area contributed by atoms with Crippen molar-refractivity contribution < 1.29 is 9.53 Å². The Kier molecular flexibility index (Phi) is 4.64. The largest absolute Gasteiger partial charge is 0.399 e. The number of carbonyl (C=O) groups excluding carboxylic acids is 1. The van der Waals surface area contributed by atoms with Crippen LogP contribution in [0.3, 0.4) is 0 Å². The van der Waals surface area contributed by atoms with Gasteiger partial charge in [-0.15, -0.1) is 0 Å². The Labute approximate surface area is 115 Å². The van der Waals surface area contributed by atoms with Crippen LogP contribution in [0.25, 0.3) is 11.0 Å². The van der Waals surface area contributed by atoms with Crippen molar-refractivity contribution in [3.63, 3.8) is 0 Å². The number of methoxy groups -OCH3 is 1. The average molecular weight is 280 g/mol. The molecule has 1 aromatic heterocycles. The van der Waals surface area contributed by atoms with E-state index in [1.54, 1.807) is 13.2 Å². The Morgan fingerprint density at radius 2 is 2.42 bits per heavy atom. The lowest BCUT2D eigenvalue weighted by molar-refractivity contribution is -0.118. The van der Waals surface area contributed by atoms with Crippen molar-refractivity contribution >= 4 is 34.4 Å². The van der Waals surface area contributed by atoms with Gasteiger partial charge in [0, 0.05) is 19.3 Å². The van der Waals surface area contributed by atoms with Gasteiger partial charge in [-0.1, -0.05) is 11.8 Å². The molecule has 1 amide bonds. The lowest BCUT2D eigenvalue weighted by Gasteiger charge is -2.02. The Balaban J connectivity index is 1.89. The van der Waals surface area contributed by atoms with Crippen molar-refractivity contribution in [2.45, 2.75) is 5.16 Å². The Morgan fingerprint density at radius 1 is 1.58 bits per heavy atom. The highest BCUT2D eigenvalue weighted by Crippen LogP contribution is 2.20. The third-order valence-corrected chi connectivity index (χ3v) is 3.33. The van der Waals surface area contributed by atoms with E-state index in [9.17, 15) is 4.79 Å². The summed E-state index contributed by atoms with van der Waals surface area (Å²) in [5.74, 6) is 0.279. The number of carbonyl (C=O) groups is 1. The molecule has 2 aromatic rings. The maximum atomic E-state index is 11.5. The zero-order valence-electron chi connectivity index (χ0n) is 10.6. The highest BCUT2D eigenvalue weighted by Gasteiger charge is 2.06. The van der Waals surface area contributed by atoms with Gasteiger partial charge in [0.2, 0.25) is 5.91 Å². The van der Waals surface area contributed by atoms with Gasteiger partial charge in [0.1, 0.15) is 0 Å². The first-order valence-electron chi connectivity index (χ1n) is 5.82. The van der Waals surface area contributed by atoms with Gasteiger partial charge in [-0.25, -0.2) is 4.98 Å². The molecular formula is C12H16N4O2S. The number of imidazole rings is 1. The fraction of sp³-hybridized carbons (Fsp3) is 0.333. The lowest BCUT2D eigenvalue weighted by Crippen LogP contribution is -2.28. The van der Waals surface area contributed by atoms with Crippen LogP contribution in [0, 0.1) is 0 Å². The number of hydrogen-bond acceptors (Lipinski definition) is 5. The zero-order chi connectivity index (χ0) is 13.7. The van der Waals surface area contributed by atoms with E-state index in [4.69, 9.17) is 10.5 Å². The number of benzene rings is 1. The van der Waals surface area contributed by atoms with Gasteiger partial charge in [0.25, 0.3) is 0 Å². The van der Waals surface area contributed by atoms with Crippen LogP contribution in [0.15, 0.2) is 23.4 Å². The van der Waals surface area contributed by atoms with E-state index in [-0.39, 0.29) is 5.91 Å². The average Bonchev–Trinajstić information content (AvgIpc) is 2.78. The van der Waals surface area contributed by atoms with E-state index in [1.165, 1.54) is 11.8 Å². The number of anilines is 1. The maximum absolute atomic E-state index is 11.5. The van der Waals surface area contributed by atoms with Crippen molar-refractivity contribution in [1.82, 2.24) is 15.3 Å². The minimum atomic E-state index is -0.0398. The first kappa shape index (κ1) is 13.7. The van der Waals surface area contributed by atoms with E-state index in [1.807, 2.05) is 12.1 Å². The topological polar surface area (TPSA) is 93.0 Å². The van der Waals surface area contributed by atoms with Crippen LogP contribution < -0.4 is 11.1 Å². The van der Waals surface area contributed by atoms with Gasteiger partial charge in [0.05, 0.1) is 23.4 Å². The Morgan fingerprint density at radius 3 is 3.21 bits per heavy atom. The molecule has 0 spiro atoms. The molecule has 0 saturated heterocycles. The number of aromatic nitrogens is 2. The highest BCUT2D eigenvalue weighted by atomic mass is 32.2. The van der Waals surface area contributed by atoms with Crippen molar-refractivity contribution in [3.05, 3.63) is 18.2 Å². The SMILES string of the molecule is COCCNC(=O)CSc1nc2ccc(N)cc2[nH]1. The predicted molar refractivity (Wildman–Crippen MR) is 76.1 cm³/mol. The minimum absolute atomic E-state index is 0.0398. The van der Waals surface area contributed by atoms with E-state index in [2.05, 4.69) is 15.3 Å². The van der Waals surface area contributed by atoms with E-state index in [0.29, 0.717) is 29.7 Å². The van der Waals surface area contributed by atoms with Gasteiger partial charge in [0.15, 0.2) is 5.16 Å². The summed E-state index contributed by atoms with van der Waals surface area (Å²) >= 11 is 1.36. The number of nitrogens with zero attached hydrogens (tertiary/aromatic N) is 1. The first-order valence-corrected chi connectivity index (χ1v) is 6.81. The third kappa shape index (κ3) is 3.87. The summed E-state index contributed by atoms with van der Waals surface area (Å²) in [6.45, 7) is 1.03. The summed E-state index contributed by atoms with van der Waals surface area (Å²) in [5.41, 5.74) is 8.10. The fourth-order valence-electron chi connectivity index (χ4n) is 1.55. The predicted octanol–water partition coefficient (Wildman–Crippen LogP) is 1.000. The number of nitrogens with two attached hydrogens (primary N) is 1. The summed E-state index contributed by atoms with van der Waals surface area (Å²) in [4.78, 5) is 19.0. The van der Waals surface area contributed by atoms with Crippen LogP contribution in [0.4, 0.5) is 5.69 Å².